The highest BCUT2D eigenvalue weighted by atomic mass is 16.5. The number of urea groups is 1. The number of morpholine rings is 1. The number of aromatic nitrogens is 1. The lowest BCUT2D eigenvalue weighted by Gasteiger charge is -2.28. The van der Waals surface area contributed by atoms with Crippen LogP contribution in [0, 0.1) is 6.92 Å². The standard InChI is InChI=1S/C31H38N6O4/c1-21-10-12-23(13-11-21)27-28(41-29(35-27)31(3,4)5)36-30(38)33-20-24-8-6-7-9-25(24)40-26(14-15-32)34-22(2)37-16-18-39-19-17-37/h6-15H,2,16-20,32H2,1,3-5H3,(H2,33,36,38)/b15-14-,34-26+. The second-order valence-corrected chi connectivity index (χ2v) is 10.7. The number of anilines is 1. The molecule has 0 radical (unpaired) electrons. The molecule has 1 saturated heterocycles. The van der Waals surface area contributed by atoms with E-state index < -0.39 is 6.03 Å². The third-order valence-corrected chi connectivity index (χ3v) is 6.30. The summed E-state index contributed by atoms with van der Waals surface area (Å²) in [6.07, 6.45) is 2.92. The van der Waals surface area contributed by atoms with E-state index >= 15 is 0 Å². The van der Waals surface area contributed by atoms with Gasteiger partial charge in [-0.15, -0.1) is 0 Å². The van der Waals surface area contributed by atoms with Crippen LogP contribution in [0.2, 0.25) is 0 Å². The number of benzene rings is 2. The highest BCUT2D eigenvalue weighted by Gasteiger charge is 2.25. The highest BCUT2D eigenvalue weighted by molar-refractivity contribution is 5.92. The van der Waals surface area contributed by atoms with E-state index in [0.29, 0.717) is 49.5 Å². The van der Waals surface area contributed by atoms with Gasteiger partial charge in [0.2, 0.25) is 17.7 Å². The maximum Gasteiger partial charge on any atom is 0.321 e. The van der Waals surface area contributed by atoms with E-state index in [0.717, 1.165) is 16.7 Å². The molecule has 0 unspecified atom stereocenters. The van der Waals surface area contributed by atoms with Crippen LogP contribution in [0.5, 0.6) is 5.75 Å². The lowest BCUT2D eigenvalue weighted by Crippen LogP contribution is -2.35. The summed E-state index contributed by atoms with van der Waals surface area (Å²) in [4.78, 5) is 24.3. The van der Waals surface area contributed by atoms with Gasteiger partial charge in [0, 0.05) is 42.3 Å². The minimum atomic E-state index is -0.443. The zero-order valence-electron chi connectivity index (χ0n) is 24.1. The van der Waals surface area contributed by atoms with Gasteiger partial charge in [-0.3, -0.25) is 5.32 Å². The number of nitrogens with one attached hydrogen (secondary N) is 2. The van der Waals surface area contributed by atoms with Crippen LogP contribution in [0.1, 0.15) is 37.8 Å². The van der Waals surface area contributed by atoms with Crippen LogP contribution in [0.3, 0.4) is 0 Å². The van der Waals surface area contributed by atoms with E-state index in [9.17, 15) is 4.79 Å². The molecule has 1 aliphatic heterocycles. The third kappa shape index (κ3) is 7.98. The van der Waals surface area contributed by atoms with Gasteiger partial charge in [-0.1, -0.05) is 75.4 Å². The average Bonchev–Trinajstić information content (AvgIpc) is 3.38. The van der Waals surface area contributed by atoms with Gasteiger partial charge in [0.05, 0.1) is 13.2 Å². The quantitative estimate of drug-likeness (QED) is 0.252. The fourth-order valence-corrected chi connectivity index (χ4v) is 4.01. The highest BCUT2D eigenvalue weighted by Crippen LogP contribution is 2.33. The number of rotatable bonds is 8. The fraction of sp³-hybridized carbons (Fsp3) is 0.323. The first-order valence-electron chi connectivity index (χ1n) is 13.5. The van der Waals surface area contributed by atoms with Gasteiger partial charge in [0.15, 0.2) is 0 Å². The Kier molecular flexibility index (Phi) is 9.46. The number of hydrogen-bond donors (Lipinski definition) is 3. The van der Waals surface area contributed by atoms with E-state index in [4.69, 9.17) is 24.6 Å². The predicted octanol–water partition coefficient (Wildman–Crippen LogP) is 5.32. The normalized spacial score (nSPS) is 14.2. The van der Waals surface area contributed by atoms with Crippen molar-refractivity contribution in [1.82, 2.24) is 15.2 Å². The molecule has 1 aromatic heterocycles. The Morgan fingerprint density at radius 2 is 1.88 bits per heavy atom. The van der Waals surface area contributed by atoms with Crippen LogP contribution in [-0.2, 0) is 16.7 Å². The molecule has 2 amide bonds. The Hall–Kier alpha value is -4.57. The molecule has 1 fully saturated rings. The van der Waals surface area contributed by atoms with Gasteiger partial charge in [0.1, 0.15) is 17.3 Å². The van der Waals surface area contributed by atoms with E-state index in [2.05, 4.69) is 22.2 Å². The van der Waals surface area contributed by atoms with E-state index in [1.165, 1.54) is 6.20 Å². The molecule has 0 spiro atoms. The molecule has 216 valence electrons. The van der Waals surface area contributed by atoms with Crippen LogP contribution >= 0.6 is 0 Å². The number of nitrogens with two attached hydrogens (primary N) is 1. The minimum absolute atomic E-state index is 0.187. The lowest BCUT2D eigenvalue weighted by molar-refractivity contribution is 0.0533. The SMILES string of the molecule is C=C(/N=C(\C=C/N)Oc1ccccc1CNC(=O)Nc1oc(C(C)(C)C)nc1-c1ccc(C)cc1)N1CCOCC1. The molecule has 2 heterocycles. The zero-order chi connectivity index (χ0) is 29.4. The van der Waals surface area contributed by atoms with Crippen molar-refractivity contribution in [3.63, 3.8) is 0 Å². The van der Waals surface area contributed by atoms with Gasteiger partial charge in [-0.2, -0.15) is 4.99 Å². The van der Waals surface area contributed by atoms with Crippen LogP contribution in [0.4, 0.5) is 10.7 Å². The summed E-state index contributed by atoms with van der Waals surface area (Å²) in [7, 11) is 0. The molecule has 0 saturated carbocycles. The second kappa shape index (κ2) is 13.2. The Balaban J connectivity index is 1.47. The minimum Gasteiger partial charge on any atom is -0.439 e. The molecule has 0 atom stereocenters. The summed E-state index contributed by atoms with van der Waals surface area (Å²) in [5, 5.41) is 5.71. The van der Waals surface area contributed by atoms with Crippen molar-refractivity contribution in [2.24, 2.45) is 10.7 Å². The van der Waals surface area contributed by atoms with E-state index in [1.54, 1.807) is 12.1 Å². The van der Waals surface area contributed by atoms with Crippen molar-refractivity contribution in [3.8, 4) is 17.0 Å². The number of carbonyl (C=O) groups excluding carboxylic acids is 1. The number of oxazole rings is 1. The smallest absolute Gasteiger partial charge is 0.321 e. The number of hydrogen-bond acceptors (Lipinski definition) is 8. The molecule has 10 heteroatoms. The van der Waals surface area contributed by atoms with Crippen molar-refractivity contribution in [3.05, 3.63) is 90.2 Å². The maximum atomic E-state index is 13.0. The zero-order valence-corrected chi connectivity index (χ0v) is 24.1. The molecular formula is C31H38N6O4. The third-order valence-electron chi connectivity index (χ3n) is 6.30. The number of amides is 2. The molecule has 0 aliphatic carbocycles. The first-order chi connectivity index (χ1) is 19.6. The number of nitrogens with zero attached hydrogens (tertiary/aromatic N) is 3. The number of carbonyl (C=O) groups is 1. The summed E-state index contributed by atoms with van der Waals surface area (Å²) in [6.45, 7) is 14.9. The number of aliphatic imine (C=N–C) groups is 1. The van der Waals surface area contributed by atoms with Crippen molar-refractivity contribution in [2.75, 3.05) is 31.6 Å². The van der Waals surface area contributed by atoms with Gasteiger partial charge >= 0.3 is 6.03 Å². The molecule has 10 nitrogen and oxygen atoms in total. The predicted molar refractivity (Wildman–Crippen MR) is 161 cm³/mol. The summed E-state index contributed by atoms with van der Waals surface area (Å²) in [5.41, 5.74) is 8.61. The number of ether oxygens (including phenoxy) is 2. The second-order valence-electron chi connectivity index (χ2n) is 10.7. The molecule has 4 N–H and O–H groups in total. The molecule has 4 rings (SSSR count). The van der Waals surface area contributed by atoms with Crippen LogP contribution in [0.15, 0.2) is 82.6 Å². The van der Waals surface area contributed by atoms with Gasteiger partial charge < -0.3 is 29.8 Å². The number of para-hydroxylation sites is 1. The molecule has 3 aromatic rings. The average molecular weight is 559 g/mol. The monoisotopic (exact) mass is 558 g/mol. The largest absolute Gasteiger partial charge is 0.439 e. The summed E-state index contributed by atoms with van der Waals surface area (Å²) in [6, 6.07) is 14.8. The molecule has 0 bridgehead atoms. The molecular weight excluding hydrogens is 520 g/mol. The van der Waals surface area contributed by atoms with Gasteiger partial charge in [0.25, 0.3) is 0 Å². The van der Waals surface area contributed by atoms with Gasteiger partial charge in [-0.25, -0.2) is 9.78 Å². The first kappa shape index (κ1) is 29.4. The first-order valence-corrected chi connectivity index (χ1v) is 13.5. The van der Waals surface area contributed by atoms with Crippen molar-refractivity contribution in [2.45, 2.75) is 39.7 Å². The Bertz CT molecular complexity index is 1410. The summed E-state index contributed by atoms with van der Waals surface area (Å²) >= 11 is 0. The topological polar surface area (TPSA) is 127 Å². The van der Waals surface area contributed by atoms with E-state index in [1.807, 2.05) is 75.1 Å². The van der Waals surface area contributed by atoms with Crippen LogP contribution < -0.4 is 21.1 Å². The van der Waals surface area contributed by atoms with Gasteiger partial charge in [-0.05, 0) is 19.2 Å². The molecule has 1 aliphatic rings. The van der Waals surface area contributed by atoms with Crippen molar-refractivity contribution in [1.29, 1.82) is 0 Å². The van der Waals surface area contributed by atoms with Crippen LogP contribution in [0.25, 0.3) is 11.3 Å². The maximum absolute atomic E-state index is 13.0. The Labute approximate surface area is 240 Å². The lowest BCUT2D eigenvalue weighted by atomic mass is 9.97. The Morgan fingerprint density at radius 1 is 1.17 bits per heavy atom. The molecule has 2 aromatic carbocycles. The van der Waals surface area contributed by atoms with Crippen molar-refractivity contribution < 1.29 is 18.7 Å². The number of aryl methyl sites for hydroxylation is 1. The van der Waals surface area contributed by atoms with Crippen molar-refractivity contribution >= 4 is 17.8 Å². The van der Waals surface area contributed by atoms with E-state index in [-0.39, 0.29) is 23.7 Å². The summed E-state index contributed by atoms with van der Waals surface area (Å²) < 4.78 is 17.5. The fourth-order valence-electron chi connectivity index (χ4n) is 4.01. The molecule has 41 heavy (non-hydrogen) atoms. The Morgan fingerprint density at radius 3 is 2.56 bits per heavy atom. The summed E-state index contributed by atoms with van der Waals surface area (Å²) in [5.74, 6) is 2.17. The van der Waals surface area contributed by atoms with Crippen LogP contribution in [-0.4, -0.2) is 48.1 Å².